The third-order valence-corrected chi connectivity index (χ3v) is 6.80. The molecule has 0 saturated carbocycles. The number of rotatable bonds is 6. The van der Waals surface area contributed by atoms with Crippen LogP contribution in [0.1, 0.15) is 20.3 Å². The zero-order valence-corrected chi connectivity index (χ0v) is 20.6. The van der Waals surface area contributed by atoms with Crippen LogP contribution < -0.4 is 9.80 Å². The summed E-state index contributed by atoms with van der Waals surface area (Å²) in [5.41, 5.74) is 3.59. The molecular formula is C22H26Cl2N4O3S. The maximum absolute atomic E-state index is 11.9. The quantitative estimate of drug-likeness (QED) is 0.443. The van der Waals surface area contributed by atoms with E-state index in [1.54, 1.807) is 12.1 Å². The molecule has 172 valence electrons. The summed E-state index contributed by atoms with van der Waals surface area (Å²) in [6.07, 6.45) is 1.05. The third kappa shape index (κ3) is 4.55. The van der Waals surface area contributed by atoms with Gasteiger partial charge in [0.2, 0.25) is 5.95 Å². The minimum atomic E-state index is -3.62. The molecule has 0 bridgehead atoms. The average molecular weight is 497 g/mol. The minimum absolute atomic E-state index is 0.360. The van der Waals surface area contributed by atoms with Gasteiger partial charge in [-0.25, -0.2) is 4.98 Å². The summed E-state index contributed by atoms with van der Waals surface area (Å²) < 4.78 is 31.4. The summed E-state index contributed by atoms with van der Waals surface area (Å²) in [6, 6.07) is 11.4. The van der Waals surface area contributed by atoms with Crippen LogP contribution in [0.4, 0.5) is 17.3 Å². The Balaban J connectivity index is 1.93. The molecule has 2 aromatic carbocycles. The van der Waals surface area contributed by atoms with Gasteiger partial charge in [0.1, 0.15) is 0 Å². The highest BCUT2D eigenvalue weighted by Crippen LogP contribution is 2.39. The van der Waals surface area contributed by atoms with Crippen molar-refractivity contribution in [3.8, 4) is 0 Å². The van der Waals surface area contributed by atoms with E-state index in [1.165, 1.54) is 0 Å². The predicted octanol–water partition coefficient (Wildman–Crippen LogP) is 5.08. The highest BCUT2D eigenvalue weighted by atomic mass is 35.5. The minimum Gasteiger partial charge on any atom is -0.370 e. The molecule has 1 aromatic heterocycles. The molecule has 10 heteroatoms. The molecule has 2 heterocycles. The number of hydrogen-bond acceptors (Lipinski definition) is 6. The molecule has 0 spiro atoms. The van der Waals surface area contributed by atoms with Crippen LogP contribution in [0, 0.1) is 0 Å². The van der Waals surface area contributed by atoms with Crippen LogP contribution in [0.2, 0.25) is 10.0 Å². The number of nitrogens with zero attached hydrogens (tertiary/aromatic N) is 4. The largest absolute Gasteiger partial charge is 0.370 e. The van der Waals surface area contributed by atoms with Crippen molar-refractivity contribution < 1.29 is 12.6 Å². The summed E-state index contributed by atoms with van der Waals surface area (Å²) in [4.78, 5) is 9.21. The molecule has 1 aliphatic heterocycles. The summed E-state index contributed by atoms with van der Waals surface area (Å²) in [6.45, 7) is 6.75. The van der Waals surface area contributed by atoms with E-state index in [0.717, 1.165) is 41.8 Å². The van der Waals surface area contributed by atoms with Crippen molar-refractivity contribution in [3.05, 3.63) is 46.4 Å². The van der Waals surface area contributed by atoms with Crippen LogP contribution in [-0.4, -0.2) is 50.0 Å². The summed E-state index contributed by atoms with van der Waals surface area (Å²) in [5, 5.41) is 1.05. The van der Waals surface area contributed by atoms with Gasteiger partial charge in [-0.05, 0) is 50.6 Å². The normalized spacial score (nSPS) is 16.8. The molecular weight excluding hydrogens is 471 g/mol. The number of fused-ring (bicyclic) bond motifs is 3. The summed E-state index contributed by atoms with van der Waals surface area (Å²) in [5.74, 6) is 0.698. The Labute approximate surface area is 198 Å². The number of para-hydroxylation sites is 1. The van der Waals surface area contributed by atoms with Gasteiger partial charge in [0, 0.05) is 24.7 Å². The van der Waals surface area contributed by atoms with Gasteiger partial charge in [-0.3, -0.25) is 4.18 Å². The SMILES string of the molecule is CCN(CC)c1cccc2nc3n(c12)CC(OS(C)(=O)=O)CCN3c1ccc(Cl)cc1Cl. The molecule has 0 amide bonds. The number of aromatic nitrogens is 2. The van der Waals surface area contributed by atoms with Crippen LogP contribution in [0.25, 0.3) is 11.0 Å². The summed E-state index contributed by atoms with van der Waals surface area (Å²) in [7, 11) is -3.62. The van der Waals surface area contributed by atoms with Crippen LogP contribution in [-0.2, 0) is 20.8 Å². The molecule has 0 radical (unpaired) electrons. The van der Waals surface area contributed by atoms with Crippen LogP contribution in [0.15, 0.2) is 36.4 Å². The molecule has 1 aliphatic rings. The first-order valence-electron chi connectivity index (χ1n) is 10.6. The van der Waals surface area contributed by atoms with Crippen molar-refractivity contribution in [3.63, 3.8) is 0 Å². The van der Waals surface area contributed by atoms with Crippen molar-refractivity contribution in [2.45, 2.75) is 32.9 Å². The average Bonchev–Trinajstić information content (AvgIpc) is 2.99. The van der Waals surface area contributed by atoms with Crippen molar-refractivity contribution in [2.75, 3.05) is 35.7 Å². The number of anilines is 3. The lowest BCUT2D eigenvalue weighted by atomic mass is 10.2. The third-order valence-electron chi connectivity index (χ3n) is 5.64. The van der Waals surface area contributed by atoms with Crippen LogP contribution >= 0.6 is 23.2 Å². The number of halogens is 2. The topological polar surface area (TPSA) is 67.7 Å². The highest BCUT2D eigenvalue weighted by Gasteiger charge is 2.30. The lowest BCUT2D eigenvalue weighted by Crippen LogP contribution is -2.25. The van der Waals surface area contributed by atoms with Gasteiger partial charge in [-0.1, -0.05) is 29.3 Å². The van der Waals surface area contributed by atoms with Gasteiger partial charge in [0.15, 0.2) is 0 Å². The maximum atomic E-state index is 11.9. The second-order valence-electron chi connectivity index (χ2n) is 7.80. The second kappa shape index (κ2) is 9.09. The first-order chi connectivity index (χ1) is 15.2. The Morgan fingerprint density at radius 2 is 1.94 bits per heavy atom. The molecule has 0 aliphatic carbocycles. The van der Waals surface area contributed by atoms with E-state index in [2.05, 4.69) is 29.4 Å². The zero-order chi connectivity index (χ0) is 23.0. The molecule has 4 rings (SSSR count). The first-order valence-corrected chi connectivity index (χ1v) is 13.1. The molecule has 32 heavy (non-hydrogen) atoms. The van der Waals surface area contributed by atoms with Gasteiger partial charge in [-0.2, -0.15) is 8.42 Å². The second-order valence-corrected chi connectivity index (χ2v) is 10.2. The molecule has 0 fully saturated rings. The van der Waals surface area contributed by atoms with Gasteiger partial charge in [0.25, 0.3) is 10.1 Å². The van der Waals surface area contributed by atoms with E-state index in [1.807, 2.05) is 23.1 Å². The van der Waals surface area contributed by atoms with E-state index in [0.29, 0.717) is 35.5 Å². The molecule has 1 unspecified atom stereocenters. The molecule has 3 aromatic rings. The van der Waals surface area contributed by atoms with Crippen molar-refractivity contribution in [2.24, 2.45) is 0 Å². The number of benzene rings is 2. The Bertz CT molecular complexity index is 1240. The standard InChI is InChI=1S/C22H26Cl2N4O3S/c1-4-26(5-2)20-8-6-7-18-21(20)28-14-16(31-32(3,29)30)11-12-27(22(28)25-18)19-10-9-15(23)13-17(19)24/h6-10,13,16H,4-5,11-12,14H2,1-3H3. The monoisotopic (exact) mass is 496 g/mol. The highest BCUT2D eigenvalue weighted by molar-refractivity contribution is 7.86. The van der Waals surface area contributed by atoms with E-state index in [9.17, 15) is 8.42 Å². The fraction of sp³-hybridized carbons (Fsp3) is 0.409. The van der Waals surface area contributed by atoms with Gasteiger partial charge in [-0.15, -0.1) is 0 Å². The Morgan fingerprint density at radius 1 is 1.19 bits per heavy atom. The summed E-state index contributed by atoms with van der Waals surface area (Å²) >= 11 is 12.7. The fourth-order valence-electron chi connectivity index (χ4n) is 4.27. The Hall–Kier alpha value is -2.00. The number of hydrogen-bond donors (Lipinski definition) is 0. The number of imidazole rings is 1. The van der Waals surface area contributed by atoms with E-state index in [4.69, 9.17) is 32.4 Å². The van der Waals surface area contributed by atoms with E-state index >= 15 is 0 Å². The molecule has 7 nitrogen and oxygen atoms in total. The van der Waals surface area contributed by atoms with Crippen molar-refractivity contribution in [1.82, 2.24) is 9.55 Å². The smallest absolute Gasteiger partial charge is 0.264 e. The van der Waals surface area contributed by atoms with E-state index < -0.39 is 16.2 Å². The van der Waals surface area contributed by atoms with Gasteiger partial charge in [0.05, 0.1) is 46.3 Å². The van der Waals surface area contributed by atoms with Crippen LogP contribution in [0.5, 0.6) is 0 Å². The lowest BCUT2D eigenvalue weighted by molar-refractivity contribution is 0.189. The maximum Gasteiger partial charge on any atom is 0.264 e. The Morgan fingerprint density at radius 3 is 2.59 bits per heavy atom. The van der Waals surface area contributed by atoms with Crippen molar-refractivity contribution >= 4 is 61.7 Å². The predicted molar refractivity (Wildman–Crippen MR) is 131 cm³/mol. The zero-order valence-electron chi connectivity index (χ0n) is 18.3. The van der Waals surface area contributed by atoms with Gasteiger partial charge < -0.3 is 14.4 Å². The lowest BCUT2D eigenvalue weighted by Gasteiger charge is -2.24. The first kappa shape index (κ1) is 23.2. The van der Waals surface area contributed by atoms with Crippen LogP contribution in [0.3, 0.4) is 0 Å². The molecule has 0 saturated heterocycles. The van der Waals surface area contributed by atoms with E-state index in [-0.39, 0.29) is 0 Å². The molecule has 1 atom stereocenters. The molecule has 0 N–H and O–H groups in total. The van der Waals surface area contributed by atoms with Gasteiger partial charge >= 0.3 is 0 Å². The fourth-order valence-corrected chi connectivity index (χ4v) is 5.44. The Kier molecular flexibility index (Phi) is 6.58. The van der Waals surface area contributed by atoms with Crippen molar-refractivity contribution in [1.29, 1.82) is 0 Å².